The largest absolute Gasteiger partial charge is 0.493 e. The summed E-state index contributed by atoms with van der Waals surface area (Å²) in [4.78, 5) is 12.0. The smallest absolute Gasteiger partial charge is 0.271 e. The molecule has 1 N–H and O–H groups in total. The van der Waals surface area contributed by atoms with E-state index in [1.54, 1.807) is 17.9 Å². The average molecular weight is 331 g/mol. The van der Waals surface area contributed by atoms with Crippen molar-refractivity contribution in [3.8, 4) is 11.5 Å². The van der Waals surface area contributed by atoms with Crippen molar-refractivity contribution in [1.82, 2.24) is 15.1 Å². The Morgan fingerprint density at radius 3 is 2.71 bits per heavy atom. The lowest BCUT2D eigenvalue weighted by atomic mass is 10.1. The Labute approximate surface area is 142 Å². The second-order valence-electron chi connectivity index (χ2n) is 5.57. The van der Waals surface area contributed by atoms with Gasteiger partial charge >= 0.3 is 0 Å². The molecule has 0 fully saturated rings. The second kappa shape index (κ2) is 8.38. The molecule has 130 valence electrons. The molecule has 24 heavy (non-hydrogen) atoms. The lowest BCUT2D eigenvalue weighted by Crippen LogP contribution is -2.25. The average Bonchev–Trinajstić information content (AvgIpc) is 2.91. The summed E-state index contributed by atoms with van der Waals surface area (Å²) in [5, 5.41) is 7.07. The highest BCUT2D eigenvalue weighted by molar-refractivity contribution is 5.92. The van der Waals surface area contributed by atoms with Crippen molar-refractivity contribution < 1.29 is 14.3 Å². The third kappa shape index (κ3) is 4.50. The van der Waals surface area contributed by atoms with Crippen molar-refractivity contribution in [2.75, 3.05) is 20.3 Å². The summed E-state index contributed by atoms with van der Waals surface area (Å²) in [6, 6.07) is 7.71. The Balaban J connectivity index is 1.83. The van der Waals surface area contributed by atoms with Gasteiger partial charge in [-0.2, -0.15) is 5.10 Å². The fourth-order valence-corrected chi connectivity index (χ4v) is 2.40. The summed E-state index contributed by atoms with van der Waals surface area (Å²) in [7, 11) is 3.46. The van der Waals surface area contributed by atoms with Gasteiger partial charge in [0.05, 0.1) is 13.7 Å². The molecule has 6 nitrogen and oxygen atoms in total. The van der Waals surface area contributed by atoms with Crippen LogP contribution in [0, 0.1) is 6.92 Å². The van der Waals surface area contributed by atoms with Crippen LogP contribution >= 0.6 is 0 Å². The number of hydrogen-bond donors (Lipinski definition) is 1. The molecule has 0 bridgehead atoms. The van der Waals surface area contributed by atoms with Gasteiger partial charge in [0, 0.05) is 19.3 Å². The Morgan fingerprint density at radius 2 is 2.08 bits per heavy atom. The molecule has 6 heteroatoms. The number of carbonyl (C=O) groups excluding carboxylic acids is 1. The van der Waals surface area contributed by atoms with Crippen molar-refractivity contribution in [3.05, 3.63) is 41.2 Å². The number of carbonyl (C=O) groups is 1. The minimum absolute atomic E-state index is 0.136. The van der Waals surface area contributed by atoms with Gasteiger partial charge in [0.25, 0.3) is 5.91 Å². The lowest BCUT2D eigenvalue weighted by Gasteiger charge is -2.11. The van der Waals surface area contributed by atoms with Crippen LogP contribution in [0.3, 0.4) is 0 Å². The third-order valence-electron chi connectivity index (χ3n) is 3.80. The summed E-state index contributed by atoms with van der Waals surface area (Å²) in [5.41, 5.74) is 2.57. The molecule has 0 atom stereocenters. The van der Waals surface area contributed by atoms with E-state index in [0.717, 1.165) is 35.6 Å². The van der Waals surface area contributed by atoms with E-state index in [9.17, 15) is 4.79 Å². The van der Waals surface area contributed by atoms with E-state index in [1.807, 2.05) is 39.1 Å². The fourth-order valence-electron chi connectivity index (χ4n) is 2.40. The number of aryl methyl sites for hydroxylation is 3. The van der Waals surface area contributed by atoms with Gasteiger partial charge in [0.1, 0.15) is 5.69 Å². The molecule has 2 aromatic rings. The minimum atomic E-state index is -0.136. The first-order valence-corrected chi connectivity index (χ1v) is 8.13. The van der Waals surface area contributed by atoms with Crippen molar-refractivity contribution in [1.29, 1.82) is 0 Å². The van der Waals surface area contributed by atoms with E-state index in [-0.39, 0.29) is 5.91 Å². The van der Waals surface area contributed by atoms with Crippen molar-refractivity contribution in [3.63, 3.8) is 0 Å². The van der Waals surface area contributed by atoms with Gasteiger partial charge in [-0.15, -0.1) is 0 Å². The van der Waals surface area contributed by atoms with Crippen LogP contribution in [0.1, 0.15) is 35.1 Å². The Morgan fingerprint density at radius 1 is 1.29 bits per heavy atom. The molecule has 1 aromatic heterocycles. The monoisotopic (exact) mass is 331 g/mol. The zero-order valence-corrected chi connectivity index (χ0v) is 14.8. The molecular formula is C18H25N3O3. The van der Waals surface area contributed by atoms with Crippen LogP contribution in [0.5, 0.6) is 11.5 Å². The van der Waals surface area contributed by atoms with Crippen LogP contribution < -0.4 is 14.8 Å². The summed E-state index contributed by atoms with van der Waals surface area (Å²) in [6.07, 6.45) is 1.70. The number of methoxy groups -OCH3 is 1. The maximum Gasteiger partial charge on any atom is 0.271 e. The SMILES string of the molecule is CCOc1cc(CCCNC(=O)c2cc(C)n(C)n2)ccc1OC. The number of hydrogen-bond acceptors (Lipinski definition) is 4. The van der Waals surface area contributed by atoms with Gasteiger partial charge in [-0.3, -0.25) is 9.48 Å². The maximum absolute atomic E-state index is 12.0. The molecule has 0 saturated heterocycles. The lowest BCUT2D eigenvalue weighted by molar-refractivity contribution is 0.0947. The molecule has 0 saturated carbocycles. The quantitative estimate of drug-likeness (QED) is 0.755. The molecule has 0 spiro atoms. The topological polar surface area (TPSA) is 65.4 Å². The number of benzene rings is 1. The number of nitrogens with zero attached hydrogens (tertiary/aromatic N) is 2. The summed E-state index contributed by atoms with van der Waals surface area (Å²) in [6.45, 7) is 5.06. The maximum atomic E-state index is 12.0. The Bertz CT molecular complexity index is 675. The Hall–Kier alpha value is -2.50. The molecule has 1 heterocycles. The van der Waals surface area contributed by atoms with E-state index in [0.29, 0.717) is 18.8 Å². The van der Waals surface area contributed by atoms with Crippen LogP contribution in [-0.2, 0) is 13.5 Å². The van der Waals surface area contributed by atoms with Gasteiger partial charge < -0.3 is 14.8 Å². The highest BCUT2D eigenvalue weighted by atomic mass is 16.5. The molecule has 1 aromatic carbocycles. The van der Waals surface area contributed by atoms with Crippen LogP contribution in [0.2, 0.25) is 0 Å². The zero-order chi connectivity index (χ0) is 17.5. The second-order valence-corrected chi connectivity index (χ2v) is 5.57. The van der Waals surface area contributed by atoms with Gasteiger partial charge in [-0.05, 0) is 50.5 Å². The predicted octanol–water partition coefficient (Wildman–Crippen LogP) is 2.50. The number of nitrogens with one attached hydrogen (secondary N) is 1. The highest BCUT2D eigenvalue weighted by Gasteiger charge is 2.10. The fraction of sp³-hybridized carbons (Fsp3) is 0.444. The first kappa shape index (κ1) is 17.8. The van der Waals surface area contributed by atoms with Gasteiger partial charge in [-0.25, -0.2) is 0 Å². The first-order valence-electron chi connectivity index (χ1n) is 8.13. The Kier molecular flexibility index (Phi) is 6.23. The number of ether oxygens (including phenoxy) is 2. The first-order chi connectivity index (χ1) is 11.5. The number of amides is 1. The molecule has 0 aliphatic rings. The molecule has 2 rings (SSSR count). The van der Waals surface area contributed by atoms with Crippen molar-refractivity contribution >= 4 is 5.91 Å². The van der Waals surface area contributed by atoms with E-state index in [4.69, 9.17) is 9.47 Å². The van der Waals surface area contributed by atoms with Crippen molar-refractivity contribution in [2.45, 2.75) is 26.7 Å². The molecule has 0 radical (unpaired) electrons. The van der Waals surface area contributed by atoms with E-state index < -0.39 is 0 Å². The molecule has 1 amide bonds. The zero-order valence-electron chi connectivity index (χ0n) is 14.8. The van der Waals surface area contributed by atoms with Gasteiger partial charge in [0.15, 0.2) is 11.5 Å². The van der Waals surface area contributed by atoms with E-state index in [2.05, 4.69) is 10.4 Å². The molecule has 0 aliphatic carbocycles. The minimum Gasteiger partial charge on any atom is -0.493 e. The number of aromatic nitrogens is 2. The molecule has 0 aliphatic heterocycles. The summed E-state index contributed by atoms with van der Waals surface area (Å²) >= 11 is 0. The molecular weight excluding hydrogens is 306 g/mol. The van der Waals surface area contributed by atoms with Crippen LogP contribution in [-0.4, -0.2) is 35.9 Å². The normalized spacial score (nSPS) is 10.5. The van der Waals surface area contributed by atoms with Crippen LogP contribution in [0.4, 0.5) is 0 Å². The predicted molar refractivity (Wildman–Crippen MR) is 92.8 cm³/mol. The van der Waals surface area contributed by atoms with Gasteiger partial charge in [0.2, 0.25) is 0 Å². The van der Waals surface area contributed by atoms with Crippen LogP contribution in [0.25, 0.3) is 0 Å². The summed E-state index contributed by atoms with van der Waals surface area (Å²) in [5.74, 6) is 1.35. The van der Waals surface area contributed by atoms with Crippen LogP contribution in [0.15, 0.2) is 24.3 Å². The van der Waals surface area contributed by atoms with E-state index in [1.165, 1.54) is 0 Å². The summed E-state index contributed by atoms with van der Waals surface area (Å²) < 4.78 is 12.6. The van der Waals surface area contributed by atoms with Crippen molar-refractivity contribution in [2.24, 2.45) is 7.05 Å². The number of rotatable bonds is 8. The highest BCUT2D eigenvalue weighted by Crippen LogP contribution is 2.28. The van der Waals surface area contributed by atoms with Gasteiger partial charge in [-0.1, -0.05) is 6.07 Å². The standard InChI is InChI=1S/C18H25N3O3/c1-5-24-17-12-14(8-9-16(17)23-4)7-6-10-19-18(22)15-11-13(2)21(3)20-15/h8-9,11-12H,5-7,10H2,1-4H3,(H,19,22). The molecule has 0 unspecified atom stereocenters. The van der Waals surface area contributed by atoms with E-state index >= 15 is 0 Å². The third-order valence-corrected chi connectivity index (χ3v) is 3.80.